The Bertz CT molecular complexity index is 580. The third-order valence-corrected chi connectivity index (χ3v) is 5.23. The van der Waals surface area contributed by atoms with E-state index in [4.69, 9.17) is 0 Å². The van der Waals surface area contributed by atoms with E-state index in [-0.39, 0.29) is 5.91 Å². The molecular weight excluding hydrogens is 272 g/mol. The van der Waals surface area contributed by atoms with E-state index in [1.807, 2.05) is 0 Å². The van der Waals surface area contributed by atoms with Crippen LogP contribution >= 0.6 is 0 Å². The van der Waals surface area contributed by atoms with Crippen LogP contribution in [-0.4, -0.2) is 30.4 Å². The van der Waals surface area contributed by atoms with Crippen LogP contribution in [0.15, 0.2) is 30.3 Å². The van der Waals surface area contributed by atoms with E-state index in [0.29, 0.717) is 11.3 Å². The van der Waals surface area contributed by atoms with Gasteiger partial charge in [0.2, 0.25) is 0 Å². The van der Waals surface area contributed by atoms with Crippen molar-refractivity contribution in [2.75, 3.05) is 19.6 Å². The van der Waals surface area contributed by atoms with E-state index in [1.165, 1.54) is 31.4 Å². The van der Waals surface area contributed by atoms with Gasteiger partial charge in [-0.3, -0.25) is 9.69 Å². The first kappa shape index (κ1) is 15.1. The average molecular weight is 296 g/mol. The molecule has 2 fully saturated rings. The first-order valence-corrected chi connectivity index (χ1v) is 8.19. The van der Waals surface area contributed by atoms with Gasteiger partial charge in [-0.2, -0.15) is 0 Å². The predicted molar refractivity (Wildman–Crippen MR) is 88.0 cm³/mol. The van der Waals surface area contributed by atoms with Crippen molar-refractivity contribution in [3.8, 4) is 11.8 Å². The van der Waals surface area contributed by atoms with Gasteiger partial charge in [0.15, 0.2) is 0 Å². The Morgan fingerprint density at radius 1 is 1.36 bits per heavy atom. The summed E-state index contributed by atoms with van der Waals surface area (Å²) in [5.41, 5.74) is 1.81. The van der Waals surface area contributed by atoms with Gasteiger partial charge in [-0.25, -0.2) is 0 Å². The molecule has 1 unspecified atom stereocenters. The molecule has 1 heterocycles. The molecular formula is C19H24N2O. The molecule has 1 aromatic rings. The molecule has 3 nitrogen and oxygen atoms in total. The van der Waals surface area contributed by atoms with Crippen LogP contribution in [0.5, 0.6) is 0 Å². The van der Waals surface area contributed by atoms with E-state index in [0.717, 1.165) is 19.6 Å². The average Bonchev–Trinajstić information content (AvgIpc) is 2.85. The number of carbonyl (C=O) groups excluding carboxylic acids is 1. The van der Waals surface area contributed by atoms with Crippen molar-refractivity contribution in [2.24, 2.45) is 11.3 Å². The Morgan fingerprint density at radius 3 is 2.77 bits per heavy atom. The summed E-state index contributed by atoms with van der Waals surface area (Å²) in [6.07, 6.45) is 3.94. The number of benzene rings is 1. The Kier molecular flexibility index (Phi) is 4.49. The van der Waals surface area contributed by atoms with Gasteiger partial charge in [0, 0.05) is 26.2 Å². The van der Waals surface area contributed by atoms with Crippen molar-refractivity contribution in [3.05, 3.63) is 35.9 Å². The third kappa shape index (κ3) is 3.18. The summed E-state index contributed by atoms with van der Waals surface area (Å²) in [5, 5.41) is 2.99. The summed E-state index contributed by atoms with van der Waals surface area (Å²) in [5.74, 6) is 5.65. The molecule has 1 aliphatic heterocycles. The van der Waals surface area contributed by atoms with E-state index in [9.17, 15) is 4.79 Å². The van der Waals surface area contributed by atoms with E-state index in [2.05, 4.69) is 52.4 Å². The van der Waals surface area contributed by atoms with Gasteiger partial charge in [0.25, 0.3) is 5.91 Å². The topological polar surface area (TPSA) is 32.3 Å². The number of nitrogens with zero attached hydrogens (tertiary/aromatic N) is 1. The lowest BCUT2D eigenvalue weighted by atomic mass is 9.63. The maximum absolute atomic E-state index is 11.6. The molecule has 3 rings (SSSR count). The van der Waals surface area contributed by atoms with Crippen LogP contribution in [0.1, 0.15) is 31.7 Å². The summed E-state index contributed by atoms with van der Waals surface area (Å²) in [7, 11) is 0. The molecule has 22 heavy (non-hydrogen) atoms. The zero-order valence-corrected chi connectivity index (χ0v) is 13.3. The Morgan fingerprint density at radius 2 is 2.14 bits per heavy atom. The fourth-order valence-corrected chi connectivity index (χ4v) is 3.96. The largest absolute Gasteiger partial charge is 0.345 e. The summed E-state index contributed by atoms with van der Waals surface area (Å²) in [4.78, 5) is 14.1. The molecule has 1 aromatic carbocycles. The lowest BCUT2D eigenvalue weighted by Gasteiger charge is -2.43. The van der Waals surface area contributed by atoms with Gasteiger partial charge in [-0.05, 0) is 42.6 Å². The molecule has 1 aliphatic carbocycles. The molecule has 3 heteroatoms. The smallest absolute Gasteiger partial charge is 0.295 e. The highest BCUT2D eigenvalue weighted by Crippen LogP contribution is 2.51. The zero-order valence-electron chi connectivity index (χ0n) is 13.3. The van der Waals surface area contributed by atoms with Crippen molar-refractivity contribution < 1.29 is 4.79 Å². The van der Waals surface area contributed by atoms with Crippen LogP contribution in [0.3, 0.4) is 0 Å². The van der Waals surface area contributed by atoms with Crippen LogP contribution in [0, 0.1) is 23.2 Å². The quantitative estimate of drug-likeness (QED) is 0.866. The number of carbonyl (C=O) groups is 1. The normalized spacial score (nSPS) is 22.7. The first-order chi connectivity index (χ1) is 10.7. The molecule has 0 radical (unpaired) electrons. The minimum absolute atomic E-state index is 0.140. The highest BCUT2D eigenvalue weighted by molar-refractivity contribution is 5.93. The number of amides is 1. The second-order valence-corrected chi connectivity index (χ2v) is 6.65. The Labute approximate surface area is 133 Å². The SMILES string of the molecule is CC#CC(=O)NCC1CN(Cc2ccccc2)CC12CCC2. The number of hydrogen-bond acceptors (Lipinski definition) is 2. The summed E-state index contributed by atoms with van der Waals surface area (Å²) >= 11 is 0. The molecule has 0 bridgehead atoms. The minimum Gasteiger partial charge on any atom is -0.345 e. The van der Waals surface area contributed by atoms with Gasteiger partial charge in [0.05, 0.1) is 0 Å². The van der Waals surface area contributed by atoms with Gasteiger partial charge >= 0.3 is 0 Å². The van der Waals surface area contributed by atoms with E-state index in [1.54, 1.807) is 6.92 Å². The Balaban J connectivity index is 1.60. The predicted octanol–water partition coefficient (Wildman–Crippen LogP) is 2.43. The van der Waals surface area contributed by atoms with Crippen LogP contribution < -0.4 is 5.32 Å². The summed E-state index contributed by atoms with van der Waals surface area (Å²) in [6, 6.07) is 10.7. The number of nitrogens with one attached hydrogen (secondary N) is 1. The van der Waals surface area contributed by atoms with Crippen molar-refractivity contribution in [1.29, 1.82) is 0 Å². The minimum atomic E-state index is -0.140. The summed E-state index contributed by atoms with van der Waals surface area (Å²) < 4.78 is 0. The second-order valence-electron chi connectivity index (χ2n) is 6.65. The number of hydrogen-bond donors (Lipinski definition) is 1. The van der Waals surface area contributed by atoms with Gasteiger partial charge in [0.1, 0.15) is 0 Å². The van der Waals surface area contributed by atoms with Crippen molar-refractivity contribution in [1.82, 2.24) is 10.2 Å². The standard InChI is InChI=1S/C19H24N2O/c1-2-7-18(22)20-12-17-14-21(15-19(17)10-6-11-19)13-16-8-4-3-5-9-16/h3-5,8-9,17H,6,10-15H2,1H3,(H,20,22). The van der Waals surface area contributed by atoms with Crippen LogP contribution in [0.2, 0.25) is 0 Å². The highest BCUT2D eigenvalue weighted by Gasteiger charge is 2.49. The maximum atomic E-state index is 11.6. The van der Waals surface area contributed by atoms with E-state index >= 15 is 0 Å². The first-order valence-electron chi connectivity index (χ1n) is 8.19. The Hall–Kier alpha value is -1.79. The van der Waals surface area contributed by atoms with Gasteiger partial charge < -0.3 is 5.32 Å². The molecule has 1 saturated carbocycles. The molecule has 2 aliphatic rings. The molecule has 1 saturated heterocycles. The lowest BCUT2D eigenvalue weighted by molar-refractivity contribution is -0.116. The van der Waals surface area contributed by atoms with Crippen molar-refractivity contribution in [2.45, 2.75) is 32.7 Å². The molecule has 0 aromatic heterocycles. The monoisotopic (exact) mass is 296 g/mol. The maximum Gasteiger partial charge on any atom is 0.295 e. The number of likely N-dealkylation sites (tertiary alicyclic amines) is 1. The van der Waals surface area contributed by atoms with Crippen molar-refractivity contribution in [3.63, 3.8) is 0 Å². The molecule has 1 N–H and O–H groups in total. The molecule has 1 atom stereocenters. The summed E-state index contributed by atoms with van der Waals surface area (Å²) in [6.45, 7) is 5.72. The highest BCUT2D eigenvalue weighted by atomic mass is 16.1. The fraction of sp³-hybridized carbons (Fsp3) is 0.526. The van der Waals surface area contributed by atoms with Crippen molar-refractivity contribution >= 4 is 5.91 Å². The molecule has 1 spiro atoms. The van der Waals surface area contributed by atoms with Crippen LogP contribution in [-0.2, 0) is 11.3 Å². The lowest BCUT2D eigenvalue weighted by Crippen LogP contribution is -2.42. The zero-order chi connectivity index (χ0) is 15.4. The molecule has 1 amide bonds. The van der Waals surface area contributed by atoms with Crippen LogP contribution in [0.4, 0.5) is 0 Å². The van der Waals surface area contributed by atoms with Gasteiger partial charge in [-0.15, -0.1) is 0 Å². The molecule has 116 valence electrons. The second kappa shape index (κ2) is 6.54. The van der Waals surface area contributed by atoms with E-state index < -0.39 is 0 Å². The number of rotatable bonds is 4. The van der Waals surface area contributed by atoms with Gasteiger partial charge in [-0.1, -0.05) is 42.7 Å². The van der Waals surface area contributed by atoms with Crippen LogP contribution in [0.25, 0.3) is 0 Å². The third-order valence-electron chi connectivity index (χ3n) is 5.23. The fourth-order valence-electron chi connectivity index (χ4n) is 3.96.